The van der Waals surface area contributed by atoms with E-state index in [0.717, 1.165) is 0 Å². The minimum Gasteiger partial charge on any atom is -0.491 e. The molecule has 0 spiro atoms. The summed E-state index contributed by atoms with van der Waals surface area (Å²) in [7, 11) is 1.39. The Kier molecular flexibility index (Phi) is 6.40. The van der Waals surface area contributed by atoms with Crippen molar-refractivity contribution in [1.82, 2.24) is 0 Å². The van der Waals surface area contributed by atoms with Crippen molar-refractivity contribution in [2.24, 2.45) is 0 Å². The summed E-state index contributed by atoms with van der Waals surface area (Å²) in [6.45, 7) is 0.266. The van der Waals surface area contributed by atoms with E-state index in [4.69, 9.17) is 32.3 Å². The molecule has 0 aliphatic carbocycles. The van der Waals surface area contributed by atoms with Crippen LogP contribution in [0.2, 0.25) is 5.02 Å². The second-order valence-corrected chi connectivity index (χ2v) is 7.47. The molecular formula is C11H10BrCl2NO3S. The predicted octanol–water partition coefficient (Wildman–Crippen LogP) is 4.10. The number of nitrogens with zero attached hydrogens (tertiary/aromatic N) is 1. The molecule has 0 bridgehead atoms. The lowest BCUT2D eigenvalue weighted by atomic mass is 10.2. The summed E-state index contributed by atoms with van der Waals surface area (Å²) in [6, 6.07) is 4.87. The van der Waals surface area contributed by atoms with Gasteiger partial charge in [0.15, 0.2) is 5.75 Å². The molecule has 0 aliphatic heterocycles. The Labute approximate surface area is 129 Å². The van der Waals surface area contributed by atoms with Gasteiger partial charge in [-0.15, -0.1) is 0 Å². The molecule has 1 aromatic carbocycles. The monoisotopic (exact) mass is 385 g/mol. The van der Waals surface area contributed by atoms with Crippen LogP contribution in [0.1, 0.15) is 19.3 Å². The first-order chi connectivity index (χ1) is 8.86. The van der Waals surface area contributed by atoms with Crippen molar-refractivity contribution in [2.45, 2.75) is 24.2 Å². The molecule has 1 rings (SSSR count). The average Bonchev–Trinajstić information content (AvgIpc) is 2.29. The maximum Gasteiger partial charge on any atom is 0.265 e. The van der Waals surface area contributed by atoms with Crippen molar-refractivity contribution >= 4 is 47.3 Å². The second-order valence-electron chi connectivity index (χ2n) is 3.62. The van der Waals surface area contributed by atoms with Crippen LogP contribution < -0.4 is 4.74 Å². The highest BCUT2D eigenvalue weighted by Gasteiger charge is 2.20. The fourth-order valence-electron chi connectivity index (χ4n) is 1.34. The highest BCUT2D eigenvalue weighted by atomic mass is 79.9. The molecule has 8 heteroatoms. The average molecular weight is 387 g/mol. The van der Waals surface area contributed by atoms with Crippen molar-refractivity contribution in [3.8, 4) is 11.8 Å². The van der Waals surface area contributed by atoms with Crippen LogP contribution in [0.3, 0.4) is 0 Å². The van der Waals surface area contributed by atoms with Crippen molar-refractivity contribution in [2.75, 3.05) is 6.61 Å². The predicted molar refractivity (Wildman–Crippen MR) is 77.1 cm³/mol. The quantitative estimate of drug-likeness (QED) is 0.545. The number of hydrogen-bond acceptors (Lipinski definition) is 4. The number of rotatable bonds is 6. The second kappa shape index (κ2) is 7.34. The lowest BCUT2D eigenvalue weighted by molar-refractivity contribution is 0.300. The van der Waals surface area contributed by atoms with Gasteiger partial charge in [-0.1, -0.05) is 27.5 Å². The van der Waals surface area contributed by atoms with Gasteiger partial charge in [0, 0.05) is 21.6 Å². The lowest BCUT2D eigenvalue weighted by Gasteiger charge is -2.11. The maximum absolute atomic E-state index is 11.5. The van der Waals surface area contributed by atoms with E-state index in [-0.39, 0.29) is 22.3 Å². The minimum atomic E-state index is -3.95. The Hall–Kier alpha value is -0.480. The first-order valence-electron chi connectivity index (χ1n) is 5.29. The van der Waals surface area contributed by atoms with Crippen molar-refractivity contribution < 1.29 is 13.2 Å². The number of nitriles is 1. The molecule has 0 unspecified atom stereocenters. The highest BCUT2D eigenvalue weighted by Crippen LogP contribution is 2.37. The Bertz CT molecular complexity index is 599. The zero-order valence-corrected chi connectivity index (χ0v) is 13.6. The fraction of sp³-hybridized carbons (Fsp3) is 0.364. The number of benzene rings is 1. The van der Waals surface area contributed by atoms with Crippen molar-refractivity contribution in [3.63, 3.8) is 0 Å². The highest BCUT2D eigenvalue weighted by molar-refractivity contribution is 9.10. The topological polar surface area (TPSA) is 67.2 Å². The minimum absolute atomic E-state index is 0.0387. The molecular weight excluding hydrogens is 377 g/mol. The molecule has 0 fully saturated rings. The van der Waals surface area contributed by atoms with Crippen molar-refractivity contribution in [1.29, 1.82) is 5.26 Å². The summed E-state index contributed by atoms with van der Waals surface area (Å²) < 4.78 is 28.8. The van der Waals surface area contributed by atoms with Crippen LogP contribution in [-0.2, 0) is 9.05 Å². The molecule has 0 saturated carbocycles. The zero-order chi connectivity index (χ0) is 14.5. The van der Waals surface area contributed by atoms with Gasteiger partial charge in [-0.2, -0.15) is 5.26 Å². The third-order valence-electron chi connectivity index (χ3n) is 2.17. The number of hydrogen-bond donors (Lipinski definition) is 0. The maximum atomic E-state index is 11.5. The Morgan fingerprint density at radius 2 is 2.05 bits per heavy atom. The van der Waals surface area contributed by atoms with E-state index in [0.29, 0.717) is 23.7 Å². The largest absolute Gasteiger partial charge is 0.491 e. The molecule has 0 amide bonds. The van der Waals surface area contributed by atoms with Crippen LogP contribution in [0.25, 0.3) is 0 Å². The van der Waals surface area contributed by atoms with Gasteiger partial charge < -0.3 is 4.74 Å². The summed E-state index contributed by atoms with van der Waals surface area (Å²) in [5.41, 5.74) is 0. The van der Waals surface area contributed by atoms with Crippen LogP contribution in [0.4, 0.5) is 0 Å². The first kappa shape index (κ1) is 16.6. The van der Waals surface area contributed by atoms with Crippen LogP contribution in [0.5, 0.6) is 5.75 Å². The van der Waals surface area contributed by atoms with Crippen LogP contribution in [0, 0.1) is 11.3 Å². The fourth-order valence-corrected chi connectivity index (χ4v) is 3.41. The standard InChI is InChI=1S/C11H10BrCl2NO3S/c12-8-6-9(13)11(10(7-8)19(14,16)17)18-5-3-1-2-4-15/h6-7H,1-3,5H2. The van der Waals surface area contributed by atoms with Gasteiger partial charge in [-0.25, -0.2) is 8.42 Å². The molecule has 0 saturated heterocycles. The van der Waals surface area contributed by atoms with Gasteiger partial charge in [0.25, 0.3) is 9.05 Å². The molecule has 0 atom stereocenters. The van der Waals surface area contributed by atoms with E-state index < -0.39 is 9.05 Å². The molecule has 0 radical (unpaired) electrons. The molecule has 104 valence electrons. The van der Waals surface area contributed by atoms with E-state index in [9.17, 15) is 8.42 Å². The number of halogens is 3. The van der Waals surface area contributed by atoms with Gasteiger partial charge >= 0.3 is 0 Å². The summed E-state index contributed by atoms with van der Waals surface area (Å²) in [6.07, 6.45) is 1.73. The molecule has 4 nitrogen and oxygen atoms in total. The normalized spacial score (nSPS) is 11.1. The SMILES string of the molecule is N#CCCCCOc1c(Cl)cc(Br)cc1S(=O)(=O)Cl. The molecule has 0 heterocycles. The summed E-state index contributed by atoms with van der Waals surface area (Å²) >= 11 is 9.09. The van der Waals surface area contributed by atoms with Gasteiger partial charge in [-0.3, -0.25) is 0 Å². The van der Waals surface area contributed by atoms with Gasteiger partial charge in [0.05, 0.1) is 17.7 Å². The van der Waals surface area contributed by atoms with Crippen LogP contribution in [-0.4, -0.2) is 15.0 Å². The van der Waals surface area contributed by atoms with Gasteiger partial charge in [-0.05, 0) is 25.0 Å². The van der Waals surface area contributed by atoms with Crippen LogP contribution in [0.15, 0.2) is 21.5 Å². The Balaban J connectivity index is 2.91. The van der Waals surface area contributed by atoms with E-state index >= 15 is 0 Å². The van der Waals surface area contributed by atoms with Gasteiger partial charge in [0.1, 0.15) is 4.90 Å². The Morgan fingerprint density at radius 3 is 2.63 bits per heavy atom. The van der Waals surface area contributed by atoms with E-state index in [1.165, 1.54) is 12.1 Å². The molecule has 0 aliphatic rings. The third-order valence-corrected chi connectivity index (χ3v) is 4.23. The summed E-state index contributed by atoms with van der Waals surface area (Å²) in [5.74, 6) is 0.0387. The van der Waals surface area contributed by atoms with Gasteiger partial charge in [0.2, 0.25) is 0 Å². The third kappa shape index (κ3) is 5.19. The van der Waals surface area contributed by atoms with Crippen LogP contribution >= 0.6 is 38.2 Å². The van der Waals surface area contributed by atoms with Crippen molar-refractivity contribution in [3.05, 3.63) is 21.6 Å². The van der Waals surface area contributed by atoms with E-state index in [1.807, 2.05) is 6.07 Å². The first-order valence-corrected chi connectivity index (χ1v) is 8.77. The van der Waals surface area contributed by atoms with E-state index in [1.54, 1.807) is 0 Å². The molecule has 1 aromatic rings. The van der Waals surface area contributed by atoms with E-state index in [2.05, 4.69) is 15.9 Å². The smallest absolute Gasteiger partial charge is 0.265 e. The lowest BCUT2D eigenvalue weighted by Crippen LogP contribution is -2.03. The Morgan fingerprint density at radius 1 is 1.37 bits per heavy atom. The summed E-state index contributed by atoms with van der Waals surface area (Å²) in [4.78, 5) is -0.172. The molecule has 0 N–H and O–H groups in total. The molecule has 0 aromatic heterocycles. The number of ether oxygens (including phenoxy) is 1. The number of unbranched alkanes of at least 4 members (excludes halogenated alkanes) is 2. The molecule has 19 heavy (non-hydrogen) atoms. The summed E-state index contributed by atoms with van der Waals surface area (Å²) in [5, 5.41) is 8.56. The zero-order valence-electron chi connectivity index (χ0n) is 9.70.